The highest BCUT2D eigenvalue weighted by Crippen LogP contribution is 2.11. The topological polar surface area (TPSA) is 66.6 Å². The van der Waals surface area contributed by atoms with Crippen molar-refractivity contribution in [2.75, 3.05) is 26.2 Å². The minimum absolute atomic E-state index is 0.0174. The highest BCUT2D eigenvalue weighted by molar-refractivity contribution is 5.76. The second-order valence-corrected chi connectivity index (χ2v) is 5.47. The lowest BCUT2D eigenvalue weighted by Gasteiger charge is -2.20. The van der Waals surface area contributed by atoms with E-state index in [0.29, 0.717) is 26.1 Å². The Hall–Kier alpha value is -0.610. The van der Waals surface area contributed by atoms with E-state index in [1.165, 1.54) is 44.9 Å². The summed E-state index contributed by atoms with van der Waals surface area (Å²) in [7, 11) is 0. The van der Waals surface area contributed by atoms with Crippen LogP contribution in [0.25, 0.3) is 0 Å². The van der Waals surface area contributed by atoms with Crippen LogP contribution < -0.4 is 5.73 Å². The third kappa shape index (κ3) is 11.2. The summed E-state index contributed by atoms with van der Waals surface area (Å²) in [6.07, 6.45) is 11.9. The largest absolute Gasteiger partial charge is 0.395 e. The zero-order chi connectivity index (χ0) is 15.1. The third-order valence-electron chi connectivity index (χ3n) is 3.62. The Bertz CT molecular complexity index is 217. The van der Waals surface area contributed by atoms with Gasteiger partial charge in [0.2, 0.25) is 5.91 Å². The molecule has 0 saturated heterocycles. The molecule has 3 N–H and O–H groups in total. The molecule has 0 heterocycles. The van der Waals surface area contributed by atoms with Crippen molar-refractivity contribution in [2.45, 2.75) is 71.1 Å². The molecule has 120 valence electrons. The highest BCUT2D eigenvalue weighted by atomic mass is 16.3. The Morgan fingerprint density at radius 2 is 1.50 bits per heavy atom. The summed E-state index contributed by atoms with van der Waals surface area (Å²) in [5.74, 6) is 0.132. The zero-order valence-corrected chi connectivity index (χ0v) is 13.3. The Morgan fingerprint density at radius 1 is 0.950 bits per heavy atom. The number of carbonyl (C=O) groups excluding carboxylic acids is 1. The van der Waals surface area contributed by atoms with Gasteiger partial charge >= 0.3 is 0 Å². The standard InChI is InChI=1S/C16H34N2O2/c1-2-3-4-5-6-7-8-9-10-11-16(20)18(13-12-17)14-15-19/h19H,2-15,17H2,1H3. The smallest absolute Gasteiger partial charge is 0.222 e. The molecule has 4 heteroatoms. The lowest BCUT2D eigenvalue weighted by Crippen LogP contribution is -2.37. The van der Waals surface area contributed by atoms with Crippen molar-refractivity contribution in [1.82, 2.24) is 4.90 Å². The van der Waals surface area contributed by atoms with Crippen LogP contribution in [0.1, 0.15) is 71.1 Å². The predicted molar refractivity (Wildman–Crippen MR) is 84.6 cm³/mol. The van der Waals surface area contributed by atoms with E-state index in [1.807, 2.05) is 0 Å². The minimum atomic E-state index is 0.0174. The molecule has 0 radical (unpaired) electrons. The third-order valence-corrected chi connectivity index (χ3v) is 3.62. The Balaban J connectivity index is 3.45. The van der Waals surface area contributed by atoms with Gasteiger partial charge < -0.3 is 15.7 Å². The molecule has 0 atom stereocenters. The van der Waals surface area contributed by atoms with Crippen LogP contribution in [-0.4, -0.2) is 42.2 Å². The van der Waals surface area contributed by atoms with E-state index < -0.39 is 0 Å². The highest BCUT2D eigenvalue weighted by Gasteiger charge is 2.11. The summed E-state index contributed by atoms with van der Waals surface area (Å²) < 4.78 is 0. The zero-order valence-electron chi connectivity index (χ0n) is 13.3. The van der Waals surface area contributed by atoms with Crippen molar-refractivity contribution < 1.29 is 9.90 Å². The van der Waals surface area contributed by atoms with Gasteiger partial charge in [-0.05, 0) is 6.42 Å². The van der Waals surface area contributed by atoms with E-state index in [1.54, 1.807) is 4.90 Å². The monoisotopic (exact) mass is 286 g/mol. The molecular formula is C16H34N2O2. The number of rotatable bonds is 14. The molecular weight excluding hydrogens is 252 g/mol. The molecule has 0 bridgehead atoms. The summed E-state index contributed by atoms with van der Waals surface area (Å²) >= 11 is 0. The molecule has 0 rings (SSSR count). The quantitative estimate of drug-likeness (QED) is 0.482. The van der Waals surface area contributed by atoms with Gasteiger partial charge in [-0.2, -0.15) is 0 Å². The number of amides is 1. The van der Waals surface area contributed by atoms with Gasteiger partial charge in [-0.15, -0.1) is 0 Å². The number of hydrogen-bond donors (Lipinski definition) is 2. The summed E-state index contributed by atoms with van der Waals surface area (Å²) in [5, 5.41) is 8.91. The molecule has 0 spiro atoms. The number of hydrogen-bond acceptors (Lipinski definition) is 3. The van der Waals surface area contributed by atoms with Gasteiger partial charge in [0.1, 0.15) is 0 Å². The van der Waals surface area contributed by atoms with Crippen LogP contribution in [0.4, 0.5) is 0 Å². The molecule has 0 aromatic rings. The van der Waals surface area contributed by atoms with Gasteiger partial charge in [0.05, 0.1) is 6.61 Å². The summed E-state index contributed by atoms with van der Waals surface area (Å²) in [5.41, 5.74) is 5.47. The van der Waals surface area contributed by atoms with Crippen molar-refractivity contribution in [3.05, 3.63) is 0 Å². The second-order valence-electron chi connectivity index (χ2n) is 5.47. The average Bonchev–Trinajstić information content (AvgIpc) is 2.45. The van der Waals surface area contributed by atoms with E-state index in [9.17, 15) is 4.79 Å². The van der Waals surface area contributed by atoms with E-state index in [2.05, 4.69) is 6.92 Å². The fourth-order valence-electron chi connectivity index (χ4n) is 2.38. The van der Waals surface area contributed by atoms with Crippen LogP contribution in [0.2, 0.25) is 0 Å². The molecule has 0 aromatic carbocycles. The molecule has 20 heavy (non-hydrogen) atoms. The Morgan fingerprint density at radius 3 is 2.00 bits per heavy atom. The first-order valence-corrected chi connectivity index (χ1v) is 8.35. The normalized spacial score (nSPS) is 10.8. The second kappa shape index (κ2) is 14.8. The molecule has 0 aliphatic heterocycles. The van der Waals surface area contributed by atoms with Crippen molar-refractivity contribution in [3.8, 4) is 0 Å². The van der Waals surface area contributed by atoms with Gasteiger partial charge in [0.25, 0.3) is 0 Å². The first kappa shape index (κ1) is 19.4. The van der Waals surface area contributed by atoms with Gasteiger partial charge in [-0.3, -0.25) is 4.79 Å². The van der Waals surface area contributed by atoms with Crippen molar-refractivity contribution >= 4 is 5.91 Å². The molecule has 0 aliphatic rings. The number of aliphatic hydroxyl groups is 1. The maximum atomic E-state index is 11.9. The van der Waals surface area contributed by atoms with Crippen LogP contribution in [0.5, 0.6) is 0 Å². The van der Waals surface area contributed by atoms with E-state index in [-0.39, 0.29) is 12.5 Å². The van der Waals surface area contributed by atoms with Gasteiger partial charge in [-0.25, -0.2) is 0 Å². The molecule has 0 unspecified atom stereocenters. The van der Waals surface area contributed by atoms with Crippen LogP contribution in [0.15, 0.2) is 0 Å². The molecule has 4 nitrogen and oxygen atoms in total. The van der Waals surface area contributed by atoms with Crippen LogP contribution in [-0.2, 0) is 4.79 Å². The Labute approximate surface area is 124 Å². The fraction of sp³-hybridized carbons (Fsp3) is 0.938. The van der Waals surface area contributed by atoms with Gasteiger partial charge in [0.15, 0.2) is 0 Å². The SMILES string of the molecule is CCCCCCCCCCCC(=O)N(CCN)CCO. The van der Waals surface area contributed by atoms with Crippen molar-refractivity contribution in [3.63, 3.8) is 0 Å². The first-order valence-electron chi connectivity index (χ1n) is 8.35. The molecule has 0 aromatic heterocycles. The van der Waals surface area contributed by atoms with Crippen LogP contribution in [0, 0.1) is 0 Å². The van der Waals surface area contributed by atoms with Gasteiger partial charge in [-0.1, -0.05) is 58.3 Å². The van der Waals surface area contributed by atoms with E-state index in [4.69, 9.17) is 10.8 Å². The predicted octanol–water partition coefficient (Wildman–Crippen LogP) is 2.69. The molecule has 0 fully saturated rings. The molecule has 0 saturated carbocycles. The average molecular weight is 286 g/mol. The summed E-state index contributed by atoms with van der Waals surface area (Å²) in [4.78, 5) is 13.6. The van der Waals surface area contributed by atoms with E-state index in [0.717, 1.165) is 12.8 Å². The fourth-order valence-corrected chi connectivity index (χ4v) is 2.38. The number of carbonyl (C=O) groups is 1. The van der Waals surface area contributed by atoms with Gasteiger partial charge in [0, 0.05) is 26.1 Å². The van der Waals surface area contributed by atoms with Crippen LogP contribution in [0.3, 0.4) is 0 Å². The van der Waals surface area contributed by atoms with E-state index >= 15 is 0 Å². The maximum Gasteiger partial charge on any atom is 0.222 e. The number of nitrogens with zero attached hydrogens (tertiary/aromatic N) is 1. The maximum absolute atomic E-state index is 11.9. The number of nitrogens with two attached hydrogens (primary N) is 1. The lowest BCUT2D eigenvalue weighted by atomic mass is 10.1. The minimum Gasteiger partial charge on any atom is -0.395 e. The number of aliphatic hydroxyl groups excluding tert-OH is 1. The first-order chi connectivity index (χ1) is 9.76. The molecule has 0 aliphatic carbocycles. The lowest BCUT2D eigenvalue weighted by molar-refractivity contribution is -0.131. The summed E-state index contributed by atoms with van der Waals surface area (Å²) in [6, 6.07) is 0. The van der Waals surface area contributed by atoms with Crippen molar-refractivity contribution in [1.29, 1.82) is 0 Å². The summed E-state index contributed by atoms with van der Waals surface area (Å²) in [6.45, 7) is 3.68. The number of unbranched alkanes of at least 4 members (excludes halogenated alkanes) is 8. The molecule has 1 amide bonds. The van der Waals surface area contributed by atoms with Crippen LogP contribution >= 0.6 is 0 Å². The Kier molecular flexibility index (Phi) is 14.3. The van der Waals surface area contributed by atoms with Crippen molar-refractivity contribution in [2.24, 2.45) is 5.73 Å².